The summed E-state index contributed by atoms with van der Waals surface area (Å²) in [4.78, 5) is 24.6. The topological polar surface area (TPSA) is 90.9 Å². The van der Waals surface area contributed by atoms with E-state index >= 15 is 0 Å². The normalized spacial score (nSPS) is 18.7. The summed E-state index contributed by atoms with van der Waals surface area (Å²) in [5.41, 5.74) is -0.585. The van der Waals surface area contributed by atoms with Gasteiger partial charge in [0.05, 0.1) is 0 Å². The first-order valence-corrected chi connectivity index (χ1v) is 6.44. The van der Waals surface area contributed by atoms with Crippen molar-refractivity contribution in [3.63, 3.8) is 0 Å². The Hall–Kier alpha value is -1.34. The van der Waals surface area contributed by atoms with E-state index in [0.717, 1.165) is 13.1 Å². The molecule has 0 aromatic heterocycles. The number of nitrogens with one attached hydrogen (secondary N) is 2. The zero-order chi connectivity index (χ0) is 14.5. The van der Waals surface area contributed by atoms with Gasteiger partial charge in [-0.15, -0.1) is 0 Å². The number of alkyl carbamates (subject to hydrolysis) is 1. The average molecular weight is 273 g/mol. The highest BCUT2D eigenvalue weighted by atomic mass is 16.6. The number of piperazine rings is 1. The van der Waals surface area contributed by atoms with Crippen molar-refractivity contribution >= 4 is 12.1 Å². The van der Waals surface area contributed by atoms with Crippen molar-refractivity contribution in [3.8, 4) is 0 Å². The minimum absolute atomic E-state index is 0.0459. The molecule has 1 saturated heterocycles. The summed E-state index contributed by atoms with van der Waals surface area (Å²) in [6.45, 7) is 8.17. The number of carboxylic acids is 1. The van der Waals surface area contributed by atoms with Gasteiger partial charge in [0.1, 0.15) is 11.6 Å². The quantitative estimate of drug-likeness (QED) is 0.661. The van der Waals surface area contributed by atoms with Crippen LogP contribution in [0.3, 0.4) is 0 Å². The van der Waals surface area contributed by atoms with E-state index < -0.39 is 23.7 Å². The second-order valence-corrected chi connectivity index (χ2v) is 5.52. The van der Waals surface area contributed by atoms with Crippen LogP contribution in [0.2, 0.25) is 0 Å². The van der Waals surface area contributed by atoms with Gasteiger partial charge in [-0.05, 0) is 20.8 Å². The molecule has 1 fully saturated rings. The van der Waals surface area contributed by atoms with Crippen LogP contribution >= 0.6 is 0 Å². The summed E-state index contributed by atoms with van der Waals surface area (Å²) >= 11 is 0. The van der Waals surface area contributed by atoms with E-state index in [4.69, 9.17) is 4.74 Å². The van der Waals surface area contributed by atoms with Gasteiger partial charge in [-0.2, -0.15) is 0 Å². The van der Waals surface area contributed by atoms with Gasteiger partial charge in [-0.25, -0.2) is 4.79 Å². The number of aliphatic carboxylic acids is 1. The molecule has 0 aliphatic carbocycles. The van der Waals surface area contributed by atoms with Crippen LogP contribution in [0.5, 0.6) is 0 Å². The lowest BCUT2D eigenvalue weighted by atomic mass is 10.2. The van der Waals surface area contributed by atoms with E-state index in [1.807, 2.05) is 4.90 Å². The zero-order valence-corrected chi connectivity index (χ0v) is 11.7. The Morgan fingerprint density at radius 3 is 2.42 bits per heavy atom. The molecule has 3 N–H and O–H groups in total. The Morgan fingerprint density at radius 2 is 1.95 bits per heavy atom. The van der Waals surface area contributed by atoms with Crippen LogP contribution < -0.4 is 10.6 Å². The molecule has 110 valence electrons. The average Bonchev–Trinajstić information content (AvgIpc) is 2.27. The van der Waals surface area contributed by atoms with Crippen molar-refractivity contribution in [2.75, 3.05) is 32.7 Å². The number of carboxylic acid groups (broad SMARTS) is 1. The molecule has 0 radical (unpaired) electrons. The molecule has 0 spiro atoms. The molecule has 1 atom stereocenters. The molecule has 19 heavy (non-hydrogen) atoms. The number of ether oxygens (including phenoxy) is 1. The van der Waals surface area contributed by atoms with Gasteiger partial charge in [0.15, 0.2) is 0 Å². The molecule has 0 saturated carbocycles. The standard InChI is InChI=1S/C12H23N3O4/c1-12(2,3)19-11(18)14-8-9(10(16)17)15-6-4-13-5-7-15/h9,13H,4-8H2,1-3H3,(H,14,18)(H,16,17). The van der Waals surface area contributed by atoms with Crippen LogP contribution in [-0.2, 0) is 9.53 Å². The van der Waals surface area contributed by atoms with Crippen molar-refractivity contribution in [2.45, 2.75) is 32.4 Å². The number of carbonyl (C=O) groups excluding carboxylic acids is 1. The smallest absolute Gasteiger partial charge is 0.407 e. The minimum Gasteiger partial charge on any atom is -0.480 e. The highest BCUT2D eigenvalue weighted by molar-refractivity contribution is 5.75. The molecule has 1 heterocycles. The molecule has 0 aromatic carbocycles. The lowest BCUT2D eigenvalue weighted by Gasteiger charge is -2.32. The van der Waals surface area contributed by atoms with Crippen LogP contribution in [0.25, 0.3) is 0 Å². The fraction of sp³-hybridized carbons (Fsp3) is 0.833. The molecule has 0 aromatic rings. The number of nitrogens with zero attached hydrogens (tertiary/aromatic N) is 1. The Bertz CT molecular complexity index is 321. The summed E-state index contributed by atoms with van der Waals surface area (Å²) in [5.74, 6) is -0.932. The predicted octanol–water partition coefficient (Wildman–Crippen LogP) is -0.130. The maximum Gasteiger partial charge on any atom is 0.407 e. The lowest BCUT2D eigenvalue weighted by Crippen LogP contribution is -2.55. The molecular formula is C12H23N3O4. The Kier molecular flexibility index (Phi) is 5.56. The summed E-state index contributed by atoms with van der Waals surface area (Å²) in [6.07, 6.45) is -0.589. The van der Waals surface area contributed by atoms with Crippen LogP contribution in [0.4, 0.5) is 4.79 Å². The van der Waals surface area contributed by atoms with Gasteiger partial charge in [0, 0.05) is 32.7 Å². The van der Waals surface area contributed by atoms with E-state index in [2.05, 4.69) is 10.6 Å². The number of hydrogen-bond donors (Lipinski definition) is 3. The van der Waals surface area contributed by atoms with Gasteiger partial charge < -0.3 is 20.5 Å². The number of rotatable bonds is 4. The van der Waals surface area contributed by atoms with Crippen LogP contribution in [0.1, 0.15) is 20.8 Å². The predicted molar refractivity (Wildman–Crippen MR) is 70.1 cm³/mol. The Balaban J connectivity index is 2.45. The number of hydrogen-bond acceptors (Lipinski definition) is 5. The molecule has 1 rings (SSSR count). The first-order chi connectivity index (χ1) is 8.79. The summed E-state index contributed by atoms with van der Waals surface area (Å²) in [5, 5.41) is 14.9. The van der Waals surface area contributed by atoms with Crippen LogP contribution in [0, 0.1) is 0 Å². The molecule has 0 bridgehead atoms. The first-order valence-electron chi connectivity index (χ1n) is 6.44. The third kappa shape index (κ3) is 5.89. The van der Waals surface area contributed by atoms with E-state index in [-0.39, 0.29) is 6.54 Å². The Morgan fingerprint density at radius 1 is 1.37 bits per heavy atom. The van der Waals surface area contributed by atoms with Crippen molar-refractivity contribution in [3.05, 3.63) is 0 Å². The van der Waals surface area contributed by atoms with E-state index in [9.17, 15) is 14.7 Å². The lowest BCUT2D eigenvalue weighted by molar-refractivity contribution is -0.143. The summed E-state index contributed by atoms with van der Waals surface area (Å²) in [7, 11) is 0. The van der Waals surface area contributed by atoms with Gasteiger partial charge >= 0.3 is 12.1 Å². The third-order valence-electron chi connectivity index (χ3n) is 2.72. The molecule has 7 heteroatoms. The molecule has 1 aliphatic rings. The van der Waals surface area contributed by atoms with Crippen molar-refractivity contribution in [2.24, 2.45) is 0 Å². The van der Waals surface area contributed by atoms with Gasteiger partial charge in [-0.3, -0.25) is 9.69 Å². The maximum absolute atomic E-state index is 11.5. The highest BCUT2D eigenvalue weighted by Crippen LogP contribution is 2.07. The summed E-state index contributed by atoms with van der Waals surface area (Å²) < 4.78 is 5.08. The van der Waals surface area contributed by atoms with E-state index in [0.29, 0.717) is 13.1 Å². The molecule has 1 unspecified atom stereocenters. The number of carbonyl (C=O) groups is 2. The zero-order valence-electron chi connectivity index (χ0n) is 11.7. The Labute approximate surface area is 113 Å². The fourth-order valence-corrected chi connectivity index (χ4v) is 1.86. The van der Waals surface area contributed by atoms with Gasteiger partial charge in [0.2, 0.25) is 0 Å². The largest absolute Gasteiger partial charge is 0.480 e. The molecule has 1 amide bonds. The van der Waals surface area contributed by atoms with Crippen molar-refractivity contribution < 1.29 is 19.4 Å². The minimum atomic E-state index is -0.932. The van der Waals surface area contributed by atoms with Crippen LogP contribution in [-0.4, -0.2) is 66.4 Å². The SMILES string of the molecule is CC(C)(C)OC(=O)NCC(C(=O)O)N1CCNCC1. The second kappa shape index (κ2) is 6.72. The molecular weight excluding hydrogens is 250 g/mol. The van der Waals surface area contributed by atoms with Crippen molar-refractivity contribution in [1.29, 1.82) is 0 Å². The van der Waals surface area contributed by atoms with E-state index in [1.165, 1.54) is 0 Å². The summed E-state index contributed by atoms with van der Waals surface area (Å²) in [6, 6.07) is -0.713. The molecule has 7 nitrogen and oxygen atoms in total. The second-order valence-electron chi connectivity index (χ2n) is 5.52. The van der Waals surface area contributed by atoms with E-state index in [1.54, 1.807) is 20.8 Å². The fourth-order valence-electron chi connectivity index (χ4n) is 1.86. The van der Waals surface area contributed by atoms with Crippen molar-refractivity contribution in [1.82, 2.24) is 15.5 Å². The first kappa shape index (κ1) is 15.7. The van der Waals surface area contributed by atoms with Crippen LogP contribution in [0.15, 0.2) is 0 Å². The monoisotopic (exact) mass is 273 g/mol. The molecule has 1 aliphatic heterocycles. The number of amides is 1. The highest BCUT2D eigenvalue weighted by Gasteiger charge is 2.27. The van der Waals surface area contributed by atoms with Gasteiger partial charge in [0.25, 0.3) is 0 Å². The third-order valence-corrected chi connectivity index (χ3v) is 2.72. The van der Waals surface area contributed by atoms with Gasteiger partial charge in [-0.1, -0.05) is 0 Å². The maximum atomic E-state index is 11.5.